The SMILES string of the molecule is C=C(C)[C@@H]1CC[C@]2(CCN3CCC(CC)CC3)CC[C@]3(C)[C@H](CCC4[C@@]5(C)CCC(OC(=O)CC(C)(C)CC(=O)O)C(C)(C)C5CC[C@]43C)C12.CC. The topological polar surface area (TPSA) is 66.8 Å². The Hall–Kier alpha value is -1.36. The largest absolute Gasteiger partial charge is 0.481 e. The zero-order chi connectivity index (χ0) is 38.5. The fourth-order valence-corrected chi connectivity index (χ4v) is 15.0. The molecule has 0 radical (unpaired) electrons. The molecule has 1 heterocycles. The van der Waals surface area contributed by atoms with E-state index in [1.54, 1.807) is 0 Å². The second-order valence-corrected chi connectivity index (χ2v) is 21.2. The van der Waals surface area contributed by atoms with Crippen LogP contribution in [0.1, 0.15) is 179 Å². The summed E-state index contributed by atoms with van der Waals surface area (Å²) in [5, 5.41) is 9.35. The van der Waals surface area contributed by atoms with Crippen molar-refractivity contribution in [1.82, 2.24) is 4.90 Å². The fraction of sp³-hybridized carbons (Fsp3) is 0.915. The highest BCUT2D eigenvalue weighted by molar-refractivity contribution is 5.73. The molecule has 0 aromatic heterocycles. The van der Waals surface area contributed by atoms with Crippen molar-refractivity contribution in [2.24, 2.45) is 68.0 Å². The highest BCUT2D eigenvalue weighted by atomic mass is 16.5. The van der Waals surface area contributed by atoms with Gasteiger partial charge in [-0.1, -0.05) is 87.8 Å². The van der Waals surface area contributed by atoms with Gasteiger partial charge >= 0.3 is 11.9 Å². The first-order valence-corrected chi connectivity index (χ1v) is 22.1. The van der Waals surface area contributed by atoms with Gasteiger partial charge in [0.2, 0.25) is 0 Å². The first kappa shape index (κ1) is 41.8. The number of likely N-dealkylation sites (tertiary alicyclic amines) is 1. The molecule has 0 aromatic carbocycles. The van der Waals surface area contributed by atoms with Crippen LogP contribution in [-0.2, 0) is 14.3 Å². The van der Waals surface area contributed by atoms with E-state index < -0.39 is 11.4 Å². The van der Waals surface area contributed by atoms with E-state index in [9.17, 15) is 14.7 Å². The van der Waals surface area contributed by atoms with E-state index in [0.29, 0.717) is 34.0 Å². The highest BCUT2D eigenvalue weighted by Gasteiger charge is 2.71. The van der Waals surface area contributed by atoms with Gasteiger partial charge in [0.05, 0.1) is 12.8 Å². The second-order valence-electron chi connectivity index (χ2n) is 21.2. The van der Waals surface area contributed by atoms with Crippen LogP contribution in [0.25, 0.3) is 0 Å². The van der Waals surface area contributed by atoms with Crippen molar-refractivity contribution in [3.63, 3.8) is 0 Å². The molecule has 5 saturated carbocycles. The lowest BCUT2D eigenvalue weighted by molar-refractivity contribution is -0.250. The van der Waals surface area contributed by atoms with Gasteiger partial charge in [-0.3, -0.25) is 9.59 Å². The number of hydrogen-bond acceptors (Lipinski definition) is 4. The van der Waals surface area contributed by atoms with Gasteiger partial charge < -0.3 is 14.7 Å². The van der Waals surface area contributed by atoms with Gasteiger partial charge in [0.1, 0.15) is 6.10 Å². The van der Waals surface area contributed by atoms with E-state index in [1.807, 2.05) is 27.7 Å². The van der Waals surface area contributed by atoms with E-state index in [2.05, 4.69) is 59.9 Å². The van der Waals surface area contributed by atoms with Crippen molar-refractivity contribution < 1.29 is 19.4 Å². The number of nitrogens with zero attached hydrogens (tertiary/aromatic N) is 1. The number of hydrogen-bond donors (Lipinski definition) is 1. The summed E-state index contributed by atoms with van der Waals surface area (Å²) >= 11 is 0. The molecular weight excluding hydrogens is 643 g/mol. The molecule has 1 N–H and O–H groups in total. The Morgan fingerprint density at radius 2 is 1.50 bits per heavy atom. The fourth-order valence-electron chi connectivity index (χ4n) is 15.0. The summed E-state index contributed by atoms with van der Waals surface area (Å²) in [6, 6.07) is 0. The Kier molecular flexibility index (Phi) is 12.3. The molecule has 5 heteroatoms. The molecule has 6 fully saturated rings. The molecule has 6 aliphatic rings. The van der Waals surface area contributed by atoms with Gasteiger partial charge in [-0.2, -0.15) is 0 Å². The van der Waals surface area contributed by atoms with E-state index in [-0.39, 0.29) is 35.7 Å². The van der Waals surface area contributed by atoms with Crippen LogP contribution in [0.4, 0.5) is 0 Å². The van der Waals surface area contributed by atoms with Crippen LogP contribution in [0.3, 0.4) is 0 Å². The molecule has 298 valence electrons. The van der Waals surface area contributed by atoms with Gasteiger partial charge in [0.25, 0.3) is 0 Å². The van der Waals surface area contributed by atoms with Crippen molar-refractivity contribution in [3.8, 4) is 0 Å². The summed E-state index contributed by atoms with van der Waals surface area (Å²) in [6.45, 7) is 33.9. The van der Waals surface area contributed by atoms with Crippen LogP contribution in [0.15, 0.2) is 12.2 Å². The number of aliphatic carboxylic acids is 1. The molecule has 4 unspecified atom stereocenters. The number of piperidine rings is 1. The van der Waals surface area contributed by atoms with E-state index in [0.717, 1.165) is 30.6 Å². The van der Waals surface area contributed by atoms with E-state index in [4.69, 9.17) is 4.74 Å². The molecule has 1 aliphatic heterocycles. The summed E-state index contributed by atoms with van der Waals surface area (Å²) < 4.78 is 6.31. The maximum absolute atomic E-state index is 13.2. The van der Waals surface area contributed by atoms with Crippen molar-refractivity contribution in [2.45, 2.75) is 185 Å². The van der Waals surface area contributed by atoms with Gasteiger partial charge in [-0.25, -0.2) is 0 Å². The quantitative estimate of drug-likeness (QED) is 0.180. The average molecular weight is 724 g/mol. The van der Waals surface area contributed by atoms with Crippen LogP contribution in [0.2, 0.25) is 0 Å². The standard InChI is InChI=1S/C45H75NO4.C2H6/c1-11-31-17-25-46(26-18-31)27-24-45-21-14-32(30(2)3)39(45)33-12-13-35-42(8)19-16-36(50-38(49)29-40(4,5)28-37(47)48)41(6,7)34(42)15-20-44(35,10)43(33,9)22-23-45;1-2/h31-36,39H,2,11-29H2,1,3-10H3,(H,47,48);1-2H3/t32-,33+,34?,35?,36?,39?,42-,43+,44+,45+;/m0./s1. The predicted octanol–water partition coefficient (Wildman–Crippen LogP) is 12.0. The molecule has 5 nitrogen and oxygen atoms in total. The third-order valence-electron chi connectivity index (χ3n) is 17.9. The molecule has 10 atom stereocenters. The minimum absolute atomic E-state index is 0.0240. The summed E-state index contributed by atoms with van der Waals surface area (Å²) in [4.78, 5) is 27.5. The van der Waals surface area contributed by atoms with Crippen molar-refractivity contribution in [3.05, 3.63) is 12.2 Å². The average Bonchev–Trinajstić information content (AvgIpc) is 3.46. The van der Waals surface area contributed by atoms with Crippen LogP contribution >= 0.6 is 0 Å². The number of rotatable bonds is 10. The van der Waals surface area contributed by atoms with E-state index in [1.165, 1.54) is 102 Å². The number of allylic oxidation sites excluding steroid dienone is 1. The van der Waals surface area contributed by atoms with Gasteiger partial charge in [-0.05, 0) is 173 Å². The monoisotopic (exact) mass is 724 g/mol. The molecule has 0 bridgehead atoms. The summed E-state index contributed by atoms with van der Waals surface area (Å²) in [7, 11) is 0. The van der Waals surface area contributed by atoms with Gasteiger partial charge in [0.15, 0.2) is 0 Å². The van der Waals surface area contributed by atoms with Crippen LogP contribution in [-0.4, -0.2) is 47.7 Å². The second kappa shape index (κ2) is 15.3. The summed E-state index contributed by atoms with van der Waals surface area (Å²) in [5.41, 5.74) is 2.12. The number of carbonyl (C=O) groups excluding carboxylic acids is 1. The number of fused-ring (bicyclic) bond motifs is 7. The molecule has 0 spiro atoms. The van der Waals surface area contributed by atoms with Crippen LogP contribution < -0.4 is 0 Å². The smallest absolute Gasteiger partial charge is 0.306 e. The first-order valence-electron chi connectivity index (χ1n) is 22.1. The molecular formula is C47H81NO4. The molecule has 52 heavy (non-hydrogen) atoms. The first-order chi connectivity index (χ1) is 24.3. The van der Waals surface area contributed by atoms with Crippen LogP contribution in [0.5, 0.6) is 0 Å². The Morgan fingerprint density at radius 1 is 0.827 bits per heavy atom. The maximum atomic E-state index is 13.2. The zero-order valence-corrected chi connectivity index (χ0v) is 35.8. The van der Waals surface area contributed by atoms with Crippen molar-refractivity contribution in [2.75, 3.05) is 19.6 Å². The highest BCUT2D eigenvalue weighted by Crippen LogP contribution is 2.78. The molecule has 6 rings (SSSR count). The molecule has 5 aliphatic carbocycles. The molecule has 0 amide bonds. The Morgan fingerprint density at radius 3 is 2.12 bits per heavy atom. The lowest BCUT2D eigenvalue weighted by Gasteiger charge is -2.73. The maximum Gasteiger partial charge on any atom is 0.306 e. The number of esters is 1. The zero-order valence-electron chi connectivity index (χ0n) is 35.8. The lowest BCUT2D eigenvalue weighted by Crippen LogP contribution is -2.66. The summed E-state index contributed by atoms with van der Waals surface area (Å²) in [5.74, 6) is 3.31. The normalized spacial score (nSPS) is 41.7. The van der Waals surface area contributed by atoms with Crippen molar-refractivity contribution in [1.29, 1.82) is 0 Å². The van der Waals surface area contributed by atoms with Crippen LogP contribution in [0, 0.1) is 68.0 Å². The Balaban J connectivity index is 0.00000257. The number of carboxylic acid groups (broad SMARTS) is 1. The van der Waals surface area contributed by atoms with Gasteiger partial charge in [-0.15, -0.1) is 0 Å². The molecule has 1 saturated heterocycles. The van der Waals surface area contributed by atoms with Crippen molar-refractivity contribution >= 4 is 11.9 Å². The minimum atomic E-state index is -0.862. The minimum Gasteiger partial charge on any atom is -0.481 e. The third-order valence-corrected chi connectivity index (χ3v) is 17.9. The Bertz CT molecular complexity index is 1300. The summed E-state index contributed by atoms with van der Waals surface area (Å²) in [6.07, 6.45) is 18.4. The van der Waals surface area contributed by atoms with Gasteiger partial charge in [0, 0.05) is 5.41 Å². The number of carbonyl (C=O) groups is 2. The Labute approximate surface area is 320 Å². The number of carboxylic acids is 1. The molecule has 0 aromatic rings. The third kappa shape index (κ3) is 7.22. The van der Waals surface area contributed by atoms with E-state index >= 15 is 0 Å². The lowest BCUT2D eigenvalue weighted by atomic mass is 9.32. The predicted molar refractivity (Wildman–Crippen MR) is 215 cm³/mol. The number of ether oxygens (including phenoxy) is 1.